The lowest BCUT2D eigenvalue weighted by Crippen LogP contribution is -2.19. The smallest absolute Gasteiger partial charge is 0.0540 e. The molecule has 10 aromatic rings. The highest BCUT2D eigenvalue weighted by atomic mass is 15.1. The number of benzene rings is 10. The van der Waals surface area contributed by atoms with Crippen molar-refractivity contribution in [1.29, 1.82) is 0 Å². The molecule has 10 aromatic carbocycles. The third kappa shape index (κ3) is 7.14. The maximum atomic E-state index is 2.51. The summed E-state index contributed by atoms with van der Waals surface area (Å²) in [5.41, 5.74) is 19.6. The zero-order chi connectivity index (χ0) is 44.9. The number of fused-ring (bicyclic) bond motifs is 4. The summed E-state index contributed by atoms with van der Waals surface area (Å²) < 4.78 is 0. The van der Waals surface area contributed by atoms with Crippen molar-refractivity contribution in [2.45, 2.75) is 32.1 Å². The van der Waals surface area contributed by atoms with E-state index in [1.807, 2.05) is 0 Å². The van der Waals surface area contributed by atoms with Gasteiger partial charge in [0, 0.05) is 38.9 Å². The first-order chi connectivity index (χ1) is 33.0. The van der Waals surface area contributed by atoms with Gasteiger partial charge in [-0.3, -0.25) is 0 Å². The van der Waals surface area contributed by atoms with Gasteiger partial charge in [0.2, 0.25) is 0 Å². The second kappa shape index (κ2) is 16.7. The Labute approximate surface area is 394 Å². The van der Waals surface area contributed by atoms with Crippen molar-refractivity contribution in [3.05, 3.63) is 259 Å². The predicted molar refractivity (Wildman–Crippen MR) is 285 cm³/mol. The average molecular weight is 859 g/mol. The van der Waals surface area contributed by atoms with Crippen LogP contribution < -0.4 is 9.80 Å². The minimum absolute atomic E-state index is 0.0418. The molecule has 2 aliphatic rings. The lowest BCUT2D eigenvalue weighted by Gasteiger charge is -2.31. The Balaban J connectivity index is 0.967. The van der Waals surface area contributed by atoms with Crippen molar-refractivity contribution in [3.63, 3.8) is 0 Å². The molecule has 0 N–H and O–H groups in total. The van der Waals surface area contributed by atoms with Crippen LogP contribution in [-0.2, 0) is 5.41 Å². The first-order valence-corrected chi connectivity index (χ1v) is 23.6. The molecule has 12 rings (SSSR count). The molecule has 0 saturated heterocycles. The Hall–Kier alpha value is -8.20. The van der Waals surface area contributed by atoms with E-state index in [1.54, 1.807) is 5.57 Å². The number of nitrogens with zero attached hydrogens (tertiary/aromatic N) is 2. The maximum absolute atomic E-state index is 2.51. The molecule has 0 unspecified atom stereocenters. The predicted octanol–water partition coefficient (Wildman–Crippen LogP) is 18.3. The molecule has 0 fully saturated rings. The van der Waals surface area contributed by atoms with Gasteiger partial charge in [0.25, 0.3) is 0 Å². The van der Waals surface area contributed by atoms with Gasteiger partial charge in [0.15, 0.2) is 0 Å². The molecule has 2 nitrogen and oxygen atoms in total. The molecule has 0 saturated carbocycles. The van der Waals surface area contributed by atoms with Crippen LogP contribution in [0.15, 0.2) is 248 Å². The van der Waals surface area contributed by atoms with Gasteiger partial charge in [0.1, 0.15) is 0 Å². The third-order valence-corrected chi connectivity index (χ3v) is 14.2. The van der Waals surface area contributed by atoms with Crippen LogP contribution in [0.3, 0.4) is 0 Å². The lowest BCUT2D eigenvalue weighted by atomic mass is 9.78. The second-order valence-electron chi connectivity index (χ2n) is 18.4. The lowest BCUT2D eigenvalue weighted by molar-refractivity contribution is 0.607. The van der Waals surface area contributed by atoms with Gasteiger partial charge in [0.05, 0.1) is 11.4 Å². The molecule has 2 heteroatoms. The van der Waals surface area contributed by atoms with E-state index in [9.17, 15) is 0 Å². The topological polar surface area (TPSA) is 6.48 Å². The summed E-state index contributed by atoms with van der Waals surface area (Å²) in [7, 11) is 0. The zero-order valence-corrected chi connectivity index (χ0v) is 37.9. The first-order valence-electron chi connectivity index (χ1n) is 23.6. The molecule has 0 aromatic heterocycles. The van der Waals surface area contributed by atoms with Crippen molar-refractivity contribution in [1.82, 2.24) is 0 Å². The van der Waals surface area contributed by atoms with E-state index in [4.69, 9.17) is 0 Å². The van der Waals surface area contributed by atoms with Gasteiger partial charge in [-0.2, -0.15) is 0 Å². The van der Waals surface area contributed by atoms with Crippen molar-refractivity contribution >= 4 is 61.2 Å². The largest absolute Gasteiger partial charge is 0.310 e. The fourth-order valence-electron chi connectivity index (χ4n) is 10.8. The van der Waals surface area contributed by atoms with E-state index in [2.05, 4.69) is 266 Å². The van der Waals surface area contributed by atoms with E-state index in [0.29, 0.717) is 0 Å². The van der Waals surface area contributed by atoms with E-state index in [0.717, 1.165) is 35.6 Å². The van der Waals surface area contributed by atoms with Crippen LogP contribution >= 0.6 is 0 Å². The molecular formula is C65H50N2. The van der Waals surface area contributed by atoms with E-state index < -0.39 is 0 Å². The molecule has 0 aliphatic heterocycles. The maximum Gasteiger partial charge on any atom is 0.0540 e. The van der Waals surface area contributed by atoms with Crippen LogP contribution in [-0.4, -0.2) is 0 Å². The van der Waals surface area contributed by atoms with Crippen LogP contribution in [0.2, 0.25) is 0 Å². The standard InChI is InChI=1S/C65H50N2/c1-65(2)61-29-14-13-27-58(61)59-40-39-54(44-62(59)65)67(63-30-16-22-48-21-9-10-25-56(48)63)64-42-41-55(57-26-11-12-28-60(57)64)49-33-37-52(38-34-49)66(51-35-31-47(32-36-51)45-17-5-3-6-18-45)53-24-15-23-50(43-53)46-19-7-4-8-20-46/h3-13,15-28,30-44H,14,29H2,1-2H3. The van der Waals surface area contributed by atoms with E-state index in [-0.39, 0.29) is 5.41 Å². The fraction of sp³-hybridized carbons (Fsp3) is 0.0769. The van der Waals surface area contributed by atoms with Gasteiger partial charge in [-0.25, -0.2) is 0 Å². The summed E-state index contributed by atoms with van der Waals surface area (Å²) in [5, 5.41) is 4.87. The van der Waals surface area contributed by atoms with Gasteiger partial charge in [-0.15, -0.1) is 0 Å². The number of hydrogen-bond donors (Lipinski definition) is 0. The van der Waals surface area contributed by atoms with Gasteiger partial charge >= 0.3 is 0 Å². The normalized spacial score (nSPS) is 13.7. The van der Waals surface area contributed by atoms with E-state index in [1.165, 1.54) is 83.0 Å². The van der Waals surface area contributed by atoms with Gasteiger partial charge in [-0.05, 0) is 134 Å². The van der Waals surface area contributed by atoms with Crippen LogP contribution in [0.4, 0.5) is 34.1 Å². The Morgan fingerprint density at radius 2 is 0.910 bits per heavy atom. The minimum atomic E-state index is -0.0418. The van der Waals surface area contributed by atoms with Gasteiger partial charge < -0.3 is 9.80 Å². The van der Waals surface area contributed by atoms with E-state index >= 15 is 0 Å². The van der Waals surface area contributed by atoms with Crippen LogP contribution in [0.25, 0.3) is 60.5 Å². The van der Waals surface area contributed by atoms with Crippen LogP contribution in [0.1, 0.15) is 37.8 Å². The van der Waals surface area contributed by atoms with Gasteiger partial charge in [-0.1, -0.05) is 201 Å². The Morgan fingerprint density at radius 3 is 1.66 bits per heavy atom. The van der Waals surface area contributed by atoms with Crippen molar-refractivity contribution in [3.8, 4) is 33.4 Å². The molecule has 320 valence electrons. The molecule has 2 aliphatic carbocycles. The highest BCUT2D eigenvalue weighted by Crippen LogP contribution is 2.53. The highest BCUT2D eigenvalue weighted by molar-refractivity contribution is 6.09. The number of anilines is 6. The summed E-state index contributed by atoms with van der Waals surface area (Å²) in [6, 6.07) is 84.4. The Bertz CT molecular complexity index is 3520. The second-order valence-corrected chi connectivity index (χ2v) is 18.4. The molecule has 0 heterocycles. The summed E-state index contributed by atoms with van der Waals surface area (Å²) in [4.78, 5) is 4.87. The molecule has 0 spiro atoms. The molecule has 0 atom stereocenters. The highest BCUT2D eigenvalue weighted by Gasteiger charge is 2.38. The molecule has 0 radical (unpaired) electrons. The van der Waals surface area contributed by atoms with Crippen molar-refractivity contribution < 1.29 is 0 Å². The molecule has 0 bridgehead atoms. The third-order valence-electron chi connectivity index (χ3n) is 14.2. The van der Waals surface area contributed by atoms with Crippen LogP contribution in [0.5, 0.6) is 0 Å². The summed E-state index contributed by atoms with van der Waals surface area (Å²) >= 11 is 0. The first kappa shape index (κ1) is 40.3. The number of hydrogen-bond acceptors (Lipinski definition) is 2. The summed E-state index contributed by atoms with van der Waals surface area (Å²) in [5.74, 6) is 0. The number of rotatable bonds is 9. The molecule has 0 amide bonds. The fourth-order valence-corrected chi connectivity index (χ4v) is 10.8. The van der Waals surface area contributed by atoms with Crippen molar-refractivity contribution in [2.24, 2.45) is 0 Å². The molecular weight excluding hydrogens is 809 g/mol. The summed E-state index contributed by atoms with van der Waals surface area (Å²) in [6.07, 6.45) is 6.92. The quantitative estimate of drug-likeness (QED) is 0.143. The summed E-state index contributed by atoms with van der Waals surface area (Å²) in [6.45, 7) is 4.83. The van der Waals surface area contributed by atoms with Crippen molar-refractivity contribution in [2.75, 3.05) is 9.80 Å². The monoisotopic (exact) mass is 858 g/mol. The SMILES string of the molecule is CC1(C)C2=C(C=CCC2)c2ccc(N(c3cccc4ccccc34)c3ccc(-c4ccc(N(c5ccc(-c6ccccc6)cc5)c5cccc(-c6ccccc6)c5)cc4)c4ccccc34)cc21. The average Bonchev–Trinajstić information content (AvgIpc) is 3.62. The van der Waals surface area contributed by atoms with Crippen LogP contribution in [0, 0.1) is 0 Å². The Morgan fingerprint density at radius 1 is 0.373 bits per heavy atom. The Kier molecular flexibility index (Phi) is 10.0. The minimum Gasteiger partial charge on any atom is -0.310 e. The molecule has 67 heavy (non-hydrogen) atoms. The number of allylic oxidation sites excluding steroid dienone is 4. The zero-order valence-electron chi connectivity index (χ0n) is 37.9.